The summed E-state index contributed by atoms with van der Waals surface area (Å²) in [6, 6.07) is 0. The molecular formula is C12H22O3. The van der Waals surface area contributed by atoms with Gasteiger partial charge >= 0.3 is 5.97 Å². The Morgan fingerprint density at radius 2 is 2.07 bits per heavy atom. The lowest BCUT2D eigenvalue weighted by Crippen LogP contribution is -2.53. The van der Waals surface area contributed by atoms with Gasteiger partial charge in [-0.1, -0.05) is 27.2 Å². The Bertz CT molecular complexity index is 236. The summed E-state index contributed by atoms with van der Waals surface area (Å²) in [6.07, 6.45) is 3.81. The molecule has 0 radical (unpaired) electrons. The maximum absolute atomic E-state index is 11.2. The number of carbonyl (C=O) groups is 1. The van der Waals surface area contributed by atoms with Gasteiger partial charge in [0.2, 0.25) is 0 Å². The fraction of sp³-hybridized carbons (Fsp3) is 0.917. The predicted octanol–water partition coefficient (Wildman–Crippen LogP) is 2.69. The van der Waals surface area contributed by atoms with Gasteiger partial charge in [0, 0.05) is 12.5 Å². The van der Waals surface area contributed by atoms with Crippen molar-refractivity contribution >= 4 is 5.97 Å². The van der Waals surface area contributed by atoms with Crippen LogP contribution in [0.2, 0.25) is 0 Å². The molecular weight excluding hydrogens is 192 g/mol. The van der Waals surface area contributed by atoms with Crippen molar-refractivity contribution in [3.8, 4) is 0 Å². The van der Waals surface area contributed by atoms with E-state index in [-0.39, 0.29) is 10.8 Å². The SMILES string of the molecule is CCC1(C(C)(C)C(OC)C(=O)O)CCC1. The van der Waals surface area contributed by atoms with Gasteiger partial charge in [0.15, 0.2) is 6.10 Å². The Hall–Kier alpha value is -0.570. The average molecular weight is 214 g/mol. The third-order valence-electron chi connectivity index (χ3n) is 4.47. The Morgan fingerprint density at radius 3 is 2.27 bits per heavy atom. The molecule has 3 nitrogen and oxygen atoms in total. The quantitative estimate of drug-likeness (QED) is 0.765. The largest absolute Gasteiger partial charge is 0.479 e. The van der Waals surface area contributed by atoms with Crippen LogP contribution in [0.5, 0.6) is 0 Å². The zero-order valence-electron chi connectivity index (χ0n) is 10.2. The smallest absolute Gasteiger partial charge is 0.333 e. The lowest BCUT2D eigenvalue weighted by Gasteiger charge is -2.54. The summed E-state index contributed by atoms with van der Waals surface area (Å²) in [6.45, 7) is 6.20. The summed E-state index contributed by atoms with van der Waals surface area (Å²) >= 11 is 0. The number of ether oxygens (including phenoxy) is 1. The molecule has 15 heavy (non-hydrogen) atoms. The Labute approximate surface area is 91.8 Å². The van der Waals surface area contributed by atoms with Crippen LogP contribution in [0.4, 0.5) is 0 Å². The first-order valence-corrected chi connectivity index (χ1v) is 5.67. The van der Waals surface area contributed by atoms with Crippen LogP contribution in [-0.4, -0.2) is 24.3 Å². The first-order valence-electron chi connectivity index (χ1n) is 5.67. The van der Waals surface area contributed by atoms with E-state index >= 15 is 0 Å². The minimum Gasteiger partial charge on any atom is -0.479 e. The molecule has 0 aromatic carbocycles. The highest BCUT2D eigenvalue weighted by Gasteiger charge is 2.54. The first-order chi connectivity index (χ1) is 6.91. The van der Waals surface area contributed by atoms with E-state index < -0.39 is 12.1 Å². The van der Waals surface area contributed by atoms with Crippen molar-refractivity contribution in [1.29, 1.82) is 0 Å². The number of rotatable bonds is 5. The molecule has 0 aliphatic heterocycles. The highest BCUT2D eigenvalue weighted by Crippen LogP contribution is 2.58. The second kappa shape index (κ2) is 4.12. The van der Waals surface area contributed by atoms with Crippen molar-refractivity contribution in [2.45, 2.75) is 52.6 Å². The summed E-state index contributed by atoms with van der Waals surface area (Å²) in [4.78, 5) is 11.2. The zero-order chi connectivity index (χ0) is 11.7. The number of aliphatic carboxylic acids is 1. The number of hydrogen-bond acceptors (Lipinski definition) is 2. The minimum absolute atomic E-state index is 0.159. The van der Waals surface area contributed by atoms with E-state index in [0.717, 1.165) is 19.3 Å². The van der Waals surface area contributed by atoms with Gasteiger partial charge in [0.05, 0.1) is 0 Å². The van der Waals surface area contributed by atoms with E-state index in [1.807, 2.05) is 13.8 Å². The van der Waals surface area contributed by atoms with Crippen LogP contribution >= 0.6 is 0 Å². The first kappa shape index (κ1) is 12.5. The molecule has 0 amide bonds. The van der Waals surface area contributed by atoms with E-state index in [1.54, 1.807) is 0 Å². The summed E-state index contributed by atoms with van der Waals surface area (Å²) in [5.74, 6) is -0.845. The van der Waals surface area contributed by atoms with Crippen molar-refractivity contribution in [2.24, 2.45) is 10.8 Å². The van der Waals surface area contributed by atoms with Crippen molar-refractivity contribution in [3.63, 3.8) is 0 Å². The van der Waals surface area contributed by atoms with Gasteiger partial charge in [0.1, 0.15) is 0 Å². The number of hydrogen-bond donors (Lipinski definition) is 1. The van der Waals surface area contributed by atoms with Crippen LogP contribution in [0, 0.1) is 10.8 Å². The summed E-state index contributed by atoms with van der Waals surface area (Å²) in [5, 5.41) is 9.16. The summed E-state index contributed by atoms with van der Waals surface area (Å²) < 4.78 is 5.16. The lowest BCUT2D eigenvalue weighted by molar-refractivity contribution is -0.171. The van der Waals surface area contributed by atoms with E-state index in [1.165, 1.54) is 13.5 Å². The molecule has 0 saturated heterocycles. The van der Waals surface area contributed by atoms with Crippen molar-refractivity contribution in [1.82, 2.24) is 0 Å². The molecule has 88 valence electrons. The van der Waals surface area contributed by atoms with Crippen LogP contribution in [0.1, 0.15) is 46.5 Å². The number of carboxylic acid groups (broad SMARTS) is 1. The average Bonchev–Trinajstić information content (AvgIpc) is 2.01. The van der Waals surface area contributed by atoms with E-state index in [2.05, 4.69) is 6.92 Å². The molecule has 1 unspecified atom stereocenters. The molecule has 1 aliphatic carbocycles. The Morgan fingerprint density at radius 1 is 1.53 bits per heavy atom. The second-order valence-electron chi connectivity index (χ2n) is 5.16. The van der Waals surface area contributed by atoms with Crippen molar-refractivity contribution < 1.29 is 14.6 Å². The number of carboxylic acids is 1. The van der Waals surface area contributed by atoms with Crippen LogP contribution in [0.3, 0.4) is 0 Å². The molecule has 0 bridgehead atoms. The molecule has 0 spiro atoms. The minimum atomic E-state index is -0.845. The monoisotopic (exact) mass is 214 g/mol. The highest BCUT2D eigenvalue weighted by molar-refractivity contribution is 5.73. The molecule has 0 aromatic rings. The fourth-order valence-electron chi connectivity index (χ4n) is 3.04. The van der Waals surface area contributed by atoms with Gasteiger partial charge in [-0.15, -0.1) is 0 Å². The fourth-order valence-corrected chi connectivity index (χ4v) is 3.04. The van der Waals surface area contributed by atoms with Gasteiger partial charge in [-0.2, -0.15) is 0 Å². The zero-order valence-corrected chi connectivity index (χ0v) is 10.2. The summed E-state index contributed by atoms with van der Waals surface area (Å²) in [7, 11) is 1.49. The van der Waals surface area contributed by atoms with E-state index in [4.69, 9.17) is 9.84 Å². The van der Waals surface area contributed by atoms with Gasteiger partial charge < -0.3 is 9.84 Å². The molecule has 0 heterocycles. The van der Waals surface area contributed by atoms with Crippen molar-refractivity contribution in [2.75, 3.05) is 7.11 Å². The molecule has 1 saturated carbocycles. The van der Waals surface area contributed by atoms with E-state index in [0.29, 0.717) is 0 Å². The molecule has 1 rings (SSSR count). The molecule has 1 N–H and O–H groups in total. The van der Waals surface area contributed by atoms with Crippen LogP contribution in [0.25, 0.3) is 0 Å². The van der Waals surface area contributed by atoms with Gasteiger partial charge in [-0.3, -0.25) is 0 Å². The lowest BCUT2D eigenvalue weighted by atomic mass is 9.51. The maximum atomic E-state index is 11.2. The number of methoxy groups -OCH3 is 1. The van der Waals surface area contributed by atoms with Crippen molar-refractivity contribution in [3.05, 3.63) is 0 Å². The standard InChI is InChI=1S/C12H22O3/c1-5-12(7-6-8-12)11(2,3)9(15-4)10(13)14/h9H,5-8H2,1-4H3,(H,13,14). The molecule has 3 heteroatoms. The summed E-state index contributed by atoms with van der Waals surface area (Å²) in [5.41, 5.74) is -0.132. The third kappa shape index (κ3) is 1.78. The highest BCUT2D eigenvalue weighted by atomic mass is 16.5. The third-order valence-corrected chi connectivity index (χ3v) is 4.47. The molecule has 0 aromatic heterocycles. The van der Waals surface area contributed by atoms with E-state index in [9.17, 15) is 4.79 Å². The van der Waals surface area contributed by atoms with Gasteiger partial charge in [0.25, 0.3) is 0 Å². The van der Waals surface area contributed by atoms with Gasteiger partial charge in [-0.05, 0) is 24.7 Å². The Balaban J connectivity index is 2.92. The Kier molecular flexibility index (Phi) is 3.44. The molecule has 1 aliphatic rings. The van der Waals surface area contributed by atoms with Crippen LogP contribution in [0.15, 0.2) is 0 Å². The predicted molar refractivity (Wildman–Crippen MR) is 58.8 cm³/mol. The van der Waals surface area contributed by atoms with Crippen LogP contribution < -0.4 is 0 Å². The second-order valence-corrected chi connectivity index (χ2v) is 5.16. The topological polar surface area (TPSA) is 46.5 Å². The maximum Gasteiger partial charge on any atom is 0.333 e. The molecule has 1 atom stereocenters. The normalized spacial score (nSPS) is 21.9. The van der Waals surface area contributed by atoms with Gasteiger partial charge in [-0.25, -0.2) is 4.79 Å². The van der Waals surface area contributed by atoms with Crippen LogP contribution in [-0.2, 0) is 9.53 Å². The molecule has 1 fully saturated rings.